The number of hydrogen-bond donors (Lipinski definition) is 1. The number of aryl methyl sites for hydroxylation is 2. The van der Waals surface area contributed by atoms with Gasteiger partial charge in [-0.15, -0.1) is 0 Å². The van der Waals surface area contributed by atoms with Crippen molar-refractivity contribution in [1.29, 1.82) is 0 Å². The lowest BCUT2D eigenvalue weighted by atomic mass is 10.1. The molecule has 0 spiro atoms. The maximum atomic E-state index is 12.4. The zero-order valence-electron chi connectivity index (χ0n) is 13.8. The van der Waals surface area contributed by atoms with Crippen molar-refractivity contribution in [3.8, 4) is 11.5 Å². The van der Waals surface area contributed by atoms with E-state index in [4.69, 9.17) is 9.47 Å². The molecule has 0 saturated heterocycles. The molecule has 6 heteroatoms. The highest BCUT2D eigenvalue weighted by atomic mass is 32.2. The highest BCUT2D eigenvalue weighted by Gasteiger charge is 2.16. The summed E-state index contributed by atoms with van der Waals surface area (Å²) in [6.07, 6.45) is 0.584. The Hall–Kier alpha value is -2.05. The van der Waals surface area contributed by atoms with E-state index in [1.165, 1.54) is 0 Å². The quantitative estimate of drug-likeness (QED) is 0.903. The molecular formula is C18H21NO4S. The lowest BCUT2D eigenvalue weighted by Crippen LogP contribution is -2.26. The Bertz CT molecular complexity index is 846. The van der Waals surface area contributed by atoms with Gasteiger partial charge in [0.1, 0.15) is 13.2 Å². The van der Waals surface area contributed by atoms with Gasteiger partial charge >= 0.3 is 0 Å². The van der Waals surface area contributed by atoms with Crippen LogP contribution < -0.4 is 14.2 Å². The first-order chi connectivity index (χ1) is 11.5. The summed E-state index contributed by atoms with van der Waals surface area (Å²) in [5.41, 5.74) is 2.80. The third kappa shape index (κ3) is 3.71. The van der Waals surface area contributed by atoms with Crippen molar-refractivity contribution in [3.63, 3.8) is 0 Å². The van der Waals surface area contributed by atoms with Crippen molar-refractivity contribution >= 4 is 10.0 Å². The van der Waals surface area contributed by atoms with Crippen LogP contribution in [0.15, 0.2) is 41.3 Å². The first-order valence-corrected chi connectivity index (χ1v) is 9.39. The predicted octanol–water partition coefficient (Wildman–Crippen LogP) is 2.60. The SMILES string of the molecule is Cc1ccc(S(=O)(=O)NCCc2ccc3c(c2)OCCO3)c(C)c1. The second kappa shape index (κ2) is 6.83. The lowest BCUT2D eigenvalue weighted by molar-refractivity contribution is 0.171. The molecule has 1 N–H and O–H groups in total. The Morgan fingerprint density at radius 3 is 2.50 bits per heavy atom. The molecule has 2 aromatic rings. The van der Waals surface area contributed by atoms with Crippen molar-refractivity contribution < 1.29 is 17.9 Å². The summed E-state index contributed by atoms with van der Waals surface area (Å²) in [5.74, 6) is 1.46. The second-order valence-electron chi connectivity index (χ2n) is 5.89. The smallest absolute Gasteiger partial charge is 0.240 e. The van der Waals surface area contributed by atoms with Crippen molar-refractivity contribution in [2.24, 2.45) is 0 Å². The van der Waals surface area contributed by atoms with Crippen molar-refractivity contribution in [2.45, 2.75) is 25.2 Å². The predicted molar refractivity (Wildman–Crippen MR) is 92.2 cm³/mol. The van der Waals surface area contributed by atoms with E-state index in [2.05, 4.69) is 4.72 Å². The molecule has 0 unspecified atom stereocenters. The Labute approximate surface area is 142 Å². The maximum absolute atomic E-state index is 12.4. The van der Waals surface area contributed by atoms with Gasteiger partial charge in [0.2, 0.25) is 10.0 Å². The molecule has 24 heavy (non-hydrogen) atoms. The van der Waals surface area contributed by atoms with Crippen LogP contribution in [0.3, 0.4) is 0 Å². The van der Waals surface area contributed by atoms with Crippen LogP contribution in [-0.4, -0.2) is 28.2 Å². The standard InChI is InChI=1S/C18H21NO4S/c1-13-3-6-18(14(2)11-13)24(20,21)19-8-7-15-4-5-16-17(12-15)23-10-9-22-16/h3-6,11-12,19H,7-10H2,1-2H3. The molecule has 5 nitrogen and oxygen atoms in total. The fourth-order valence-electron chi connectivity index (χ4n) is 2.75. The summed E-state index contributed by atoms with van der Waals surface area (Å²) in [6.45, 7) is 5.17. The van der Waals surface area contributed by atoms with Gasteiger partial charge in [-0.2, -0.15) is 0 Å². The summed E-state index contributed by atoms with van der Waals surface area (Å²) in [6, 6.07) is 11.0. The molecule has 1 aliphatic rings. The molecular weight excluding hydrogens is 326 g/mol. The van der Waals surface area contributed by atoms with Gasteiger partial charge in [-0.25, -0.2) is 13.1 Å². The van der Waals surface area contributed by atoms with Crippen LogP contribution in [0.2, 0.25) is 0 Å². The zero-order chi connectivity index (χ0) is 17.2. The van der Waals surface area contributed by atoms with E-state index in [1.54, 1.807) is 6.07 Å². The van der Waals surface area contributed by atoms with Gasteiger partial charge in [0.25, 0.3) is 0 Å². The first-order valence-electron chi connectivity index (χ1n) is 7.91. The van der Waals surface area contributed by atoms with Crippen LogP contribution in [0.1, 0.15) is 16.7 Å². The Morgan fingerprint density at radius 1 is 1.00 bits per heavy atom. The van der Waals surface area contributed by atoms with E-state index >= 15 is 0 Å². The molecule has 0 radical (unpaired) electrons. The van der Waals surface area contributed by atoms with Gasteiger partial charge in [0, 0.05) is 6.54 Å². The van der Waals surface area contributed by atoms with Crippen LogP contribution in [-0.2, 0) is 16.4 Å². The summed E-state index contributed by atoms with van der Waals surface area (Å²) in [7, 11) is -3.50. The van der Waals surface area contributed by atoms with E-state index < -0.39 is 10.0 Å². The number of benzene rings is 2. The third-order valence-corrected chi connectivity index (χ3v) is 5.55. The molecule has 0 bridgehead atoms. The minimum Gasteiger partial charge on any atom is -0.486 e. The van der Waals surface area contributed by atoms with Gasteiger partial charge in [-0.3, -0.25) is 0 Å². The summed E-state index contributed by atoms with van der Waals surface area (Å²) >= 11 is 0. The number of sulfonamides is 1. The summed E-state index contributed by atoms with van der Waals surface area (Å²) in [5, 5.41) is 0. The van der Waals surface area contributed by atoms with Crippen molar-refractivity contribution in [1.82, 2.24) is 4.72 Å². The first kappa shape index (κ1) is 16.8. The number of ether oxygens (including phenoxy) is 2. The highest BCUT2D eigenvalue weighted by molar-refractivity contribution is 7.89. The van der Waals surface area contributed by atoms with E-state index in [-0.39, 0.29) is 0 Å². The topological polar surface area (TPSA) is 64.6 Å². The number of nitrogens with one attached hydrogen (secondary N) is 1. The lowest BCUT2D eigenvalue weighted by Gasteiger charge is -2.19. The van der Waals surface area contributed by atoms with Crippen molar-refractivity contribution in [2.75, 3.05) is 19.8 Å². The van der Waals surface area contributed by atoms with Gasteiger partial charge in [-0.05, 0) is 49.6 Å². The largest absolute Gasteiger partial charge is 0.486 e. The van der Waals surface area contributed by atoms with E-state index in [9.17, 15) is 8.42 Å². The number of rotatable bonds is 5. The Morgan fingerprint density at radius 2 is 1.75 bits per heavy atom. The van der Waals surface area contributed by atoms with Gasteiger partial charge in [0.15, 0.2) is 11.5 Å². The third-order valence-electron chi connectivity index (χ3n) is 3.93. The number of hydrogen-bond acceptors (Lipinski definition) is 4. The zero-order valence-corrected chi connectivity index (χ0v) is 14.7. The van der Waals surface area contributed by atoms with Crippen LogP contribution >= 0.6 is 0 Å². The molecule has 0 fully saturated rings. The fraction of sp³-hybridized carbons (Fsp3) is 0.333. The minimum absolute atomic E-state index is 0.329. The van der Waals surface area contributed by atoms with E-state index in [0.29, 0.717) is 31.1 Å². The van der Waals surface area contributed by atoms with E-state index in [0.717, 1.165) is 28.2 Å². The molecule has 1 heterocycles. The Balaban J connectivity index is 1.65. The summed E-state index contributed by atoms with van der Waals surface area (Å²) < 4.78 is 38.6. The molecule has 1 aliphatic heterocycles. The van der Waals surface area contributed by atoms with Crippen molar-refractivity contribution in [3.05, 3.63) is 53.1 Å². The minimum atomic E-state index is -3.50. The van der Waals surface area contributed by atoms with E-state index in [1.807, 2.05) is 44.2 Å². The summed E-state index contributed by atoms with van der Waals surface area (Å²) in [4.78, 5) is 0.329. The maximum Gasteiger partial charge on any atom is 0.240 e. The van der Waals surface area contributed by atoms with Crippen LogP contribution in [0.4, 0.5) is 0 Å². The Kier molecular flexibility index (Phi) is 4.78. The van der Waals surface area contributed by atoms with Crippen LogP contribution in [0, 0.1) is 13.8 Å². The molecule has 0 aliphatic carbocycles. The second-order valence-corrected chi connectivity index (χ2v) is 7.63. The van der Waals surface area contributed by atoms with Gasteiger partial charge in [-0.1, -0.05) is 23.8 Å². The highest BCUT2D eigenvalue weighted by Crippen LogP contribution is 2.30. The molecule has 0 saturated carbocycles. The van der Waals surface area contributed by atoms with Crippen LogP contribution in [0.5, 0.6) is 11.5 Å². The molecule has 0 amide bonds. The van der Waals surface area contributed by atoms with Gasteiger partial charge in [0.05, 0.1) is 4.90 Å². The fourth-order valence-corrected chi connectivity index (χ4v) is 4.01. The normalized spacial score (nSPS) is 13.8. The average Bonchev–Trinajstić information content (AvgIpc) is 2.54. The molecule has 2 aromatic carbocycles. The average molecular weight is 347 g/mol. The molecule has 3 rings (SSSR count). The monoisotopic (exact) mass is 347 g/mol. The molecule has 0 atom stereocenters. The van der Waals surface area contributed by atoms with Crippen LogP contribution in [0.25, 0.3) is 0 Å². The molecule has 0 aromatic heterocycles. The number of fused-ring (bicyclic) bond motifs is 1. The molecule has 128 valence electrons. The van der Waals surface area contributed by atoms with Gasteiger partial charge < -0.3 is 9.47 Å².